The van der Waals surface area contributed by atoms with Crippen LogP contribution in [0.25, 0.3) is 0 Å². The molecule has 17 heavy (non-hydrogen) atoms. The smallest absolute Gasteiger partial charge is 0.310 e. The van der Waals surface area contributed by atoms with Gasteiger partial charge in [-0.05, 0) is 27.6 Å². The van der Waals surface area contributed by atoms with Crippen molar-refractivity contribution in [2.75, 3.05) is 7.11 Å². The fraction of sp³-hybridized carbons (Fsp3) is 0.400. The molecule has 0 radical (unpaired) electrons. The largest absolute Gasteiger partial charge is 0.469 e. The Balaban J connectivity index is 3.15. The van der Waals surface area contributed by atoms with E-state index >= 15 is 0 Å². The molecule has 0 N–H and O–H groups in total. The number of hydrogen-bond acceptors (Lipinski definition) is 3. The Morgan fingerprint density at radius 1 is 1.59 bits per heavy atom. The first-order chi connectivity index (χ1) is 7.99. The SMILES string of the molecule is COC(=O)Cc1cc(C(F)F)c(CBr)nc1Br. The van der Waals surface area contributed by atoms with E-state index in [9.17, 15) is 13.6 Å². The van der Waals surface area contributed by atoms with Crippen LogP contribution in [0, 0.1) is 0 Å². The fourth-order valence-electron chi connectivity index (χ4n) is 1.23. The van der Waals surface area contributed by atoms with Crippen LogP contribution in [0.3, 0.4) is 0 Å². The number of ether oxygens (including phenoxy) is 1. The molecule has 0 spiro atoms. The van der Waals surface area contributed by atoms with Crippen molar-refractivity contribution in [1.29, 1.82) is 0 Å². The molecule has 0 fully saturated rings. The number of rotatable bonds is 4. The molecule has 1 aromatic rings. The highest BCUT2D eigenvalue weighted by atomic mass is 79.9. The van der Waals surface area contributed by atoms with Gasteiger partial charge in [-0.2, -0.15) is 0 Å². The van der Waals surface area contributed by atoms with Crippen molar-refractivity contribution >= 4 is 37.8 Å². The molecular formula is C10H9Br2F2NO2. The summed E-state index contributed by atoms with van der Waals surface area (Å²) in [5, 5.41) is 0.226. The Bertz CT molecular complexity index is 427. The van der Waals surface area contributed by atoms with Crippen LogP contribution in [0.5, 0.6) is 0 Å². The van der Waals surface area contributed by atoms with Crippen molar-refractivity contribution in [3.63, 3.8) is 0 Å². The highest BCUT2D eigenvalue weighted by Gasteiger charge is 2.18. The minimum absolute atomic E-state index is 0.0909. The molecule has 0 aromatic carbocycles. The molecule has 0 saturated heterocycles. The van der Waals surface area contributed by atoms with Gasteiger partial charge in [0.25, 0.3) is 6.43 Å². The van der Waals surface area contributed by atoms with E-state index in [0.717, 1.165) is 0 Å². The zero-order valence-electron chi connectivity index (χ0n) is 8.84. The van der Waals surface area contributed by atoms with Gasteiger partial charge < -0.3 is 4.74 Å². The van der Waals surface area contributed by atoms with E-state index in [1.807, 2.05) is 0 Å². The zero-order chi connectivity index (χ0) is 13.0. The van der Waals surface area contributed by atoms with E-state index in [1.54, 1.807) is 0 Å². The van der Waals surface area contributed by atoms with Crippen LogP contribution in [-0.4, -0.2) is 18.1 Å². The molecule has 0 aliphatic heterocycles. The van der Waals surface area contributed by atoms with Gasteiger partial charge in [0.05, 0.1) is 19.2 Å². The predicted octanol–water partition coefficient (Wildman–Crippen LogP) is 3.39. The number of nitrogens with zero attached hydrogens (tertiary/aromatic N) is 1. The van der Waals surface area contributed by atoms with Gasteiger partial charge in [0.15, 0.2) is 0 Å². The summed E-state index contributed by atoms with van der Waals surface area (Å²) in [7, 11) is 1.24. The Labute approximate surface area is 114 Å². The summed E-state index contributed by atoms with van der Waals surface area (Å²) in [6.07, 6.45) is -2.72. The maximum atomic E-state index is 12.8. The van der Waals surface area contributed by atoms with Crippen molar-refractivity contribution in [2.24, 2.45) is 0 Å². The zero-order valence-corrected chi connectivity index (χ0v) is 12.0. The third kappa shape index (κ3) is 3.70. The van der Waals surface area contributed by atoms with Crippen LogP contribution in [0.2, 0.25) is 0 Å². The molecule has 0 aliphatic rings. The van der Waals surface area contributed by atoms with Gasteiger partial charge in [-0.1, -0.05) is 15.9 Å². The summed E-state index contributed by atoms with van der Waals surface area (Å²) in [5.41, 5.74) is 0.460. The lowest BCUT2D eigenvalue weighted by Crippen LogP contribution is -2.08. The number of esters is 1. The van der Waals surface area contributed by atoms with Crippen LogP contribution in [0.15, 0.2) is 10.7 Å². The van der Waals surface area contributed by atoms with Crippen molar-refractivity contribution in [3.05, 3.63) is 27.5 Å². The maximum Gasteiger partial charge on any atom is 0.310 e. The summed E-state index contributed by atoms with van der Waals surface area (Å²) in [4.78, 5) is 15.1. The second-order valence-corrected chi connectivity index (χ2v) is 4.47. The number of carbonyl (C=O) groups excluding carboxylic acids is 1. The number of methoxy groups -OCH3 is 1. The number of halogens is 4. The first-order valence-corrected chi connectivity index (χ1v) is 6.50. The minimum atomic E-state index is -2.63. The number of pyridine rings is 1. The third-order valence-electron chi connectivity index (χ3n) is 2.09. The molecule has 0 bridgehead atoms. The van der Waals surface area contributed by atoms with E-state index in [2.05, 4.69) is 41.6 Å². The molecule has 0 aliphatic carbocycles. The second-order valence-electron chi connectivity index (χ2n) is 3.16. The van der Waals surface area contributed by atoms with E-state index < -0.39 is 12.4 Å². The van der Waals surface area contributed by atoms with Crippen molar-refractivity contribution in [3.8, 4) is 0 Å². The summed E-state index contributed by atoms with van der Waals surface area (Å²) >= 11 is 6.24. The second kappa shape index (κ2) is 6.39. The number of aromatic nitrogens is 1. The average molecular weight is 373 g/mol. The van der Waals surface area contributed by atoms with Crippen LogP contribution < -0.4 is 0 Å². The van der Waals surface area contributed by atoms with Crippen molar-refractivity contribution in [1.82, 2.24) is 4.98 Å². The Morgan fingerprint density at radius 2 is 2.24 bits per heavy atom. The van der Waals surface area contributed by atoms with Crippen LogP contribution in [-0.2, 0) is 21.3 Å². The quantitative estimate of drug-likeness (QED) is 0.462. The van der Waals surface area contributed by atoms with Gasteiger partial charge in [0.2, 0.25) is 0 Å². The maximum absolute atomic E-state index is 12.8. The summed E-state index contributed by atoms with van der Waals surface area (Å²) < 4.78 is 30.4. The standard InChI is InChI=1S/C10H9Br2F2NO2/c1-17-8(16)3-5-2-6(10(13)14)7(4-11)15-9(5)12/h2,10H,3-4H2,1H3. The molecule has 1 aromatic heterocycles. The molecular weight excluding hydrogens is 364 g/mol. The molecule has 1 heterocycles. The minimum Gasteiger partial charge on any atom is -0.469 e. The average Bonchev–Trinajstić information content (AvgIpc) is 2.30. The molecule has 0 saturated carbocycles. The predicted molar refractivity (Wildman–Crippen MR) is 65.2 cm³/mol. The lowest BCUT2D eigenvalue weighted by atomic mass is 10.1. The van der Waals surface area contributed by atoms with E-state index in [-0.39, 0.29) is 23.0 Å². The van der Waals surface area contributed by atoms with Crippen LogP contribution in [0.4, 0.5) is 8.78 Å². The Morgan fingerprint density at radius 3 is 2.71 bits per heavy atom. The summed E-state index contributed by atoms with van der Waals surface area (Å²) in [5.74, 6) is -0.501. The van der Waals surface area contributed by atoms with E-state index in [0.29, 0.717) is 10.2 Å². The molecule has 3 nitrogen and oxygen atoms in total. The molecule has 0 atom stereocenters. The number of alkyl halides is 3. The molecule has 0 amide bonds. The molecule has 0 unspecified atom stereocenters. The first-order valence-electron chi connectivity index (χ1n) is 4.58. The van der Waals surface area contributed by atoms with Crippen LogP contribution in [0.1, 0.15) is 23.2 Å². The monoisotopic (exact) mass is 371 g/mol. The van der Waals surface area contributed by atoms with Gasteiger partial charge >= 0.3 is 5.97 Å². The fourth-order valence-corrected chi connectivity index (χ4v) is 2.15. The van der Waals surface area contributed by atoms with Gasteiger partial charge in [-0.25, -0.2) is 13.8 Å². The van der Waals surface area contributed by atoms with Crippen molar-refractivity contribution in [2.45, 2.75) is 18.2 Å². The summed E-state index contributed by atoms with van der Waals surface area (Å²) in [6, 6.07) is 1.27. The van der Waals surface area contributed by atoms with Gasteiger partial charge in [-0.3, -0.25) is 4.79 Å². The van der Waals surface area contributed by atoms with Crippen molar-refractivity contribution < 1.29 is 18.3 Å². The highest BCUT2D eigenvalue weighted by molar-refractivity contribution is 9.10. The molecule has 94 valence electrons. The van der Waals surface area contributed by atoms with E-state index in [4.69, 9.17) is 0 Å². The Kier molecular flexibility index (Phi) is 5.45. The topological polar surface area (TPSA) is 39.2 Å². The lowest BCUT2D eigenvalue weighted by molar-refractivity contribution is -0.139. The third-order valence-corrected chi connectivity index (χ3v) is 3.30. The van der Waals surface area contributed by atoms with Crippen LogP contribution >= 0.6 is 31.9 Å². The Hall–Kier alpha value is -0.560. The normalized spacial score (nSPS) is 10.7. The first kappa shape index (κ1) is 14.5. The van der Waals surface area contributed by atoms with Gasteiger partial charge in [0.1, 0.15) is 4.60 Å². The number of carbonyl (C=O) groups is 1. The van der Waals surface area contributed by atoms with E-state index in [1.165, 1.54) is 13.2 Å². The number of hydrogen-bond donors (Lipinski definition) is 0. The van der Waals surface area contributed by atoms with Gasteiger partial charge in [0, 0.05) is 10.9 Å². The highest BCUT2D eigenvalue weighted by Crippen LogP contribution is 2.28. The summed E-state index contributed by atoms with van der Waals surface area (Å²) in [6.45, 7) is 0. The molecule has 1 rings (SSSR count). The molecule has 7 heteroatoms. The lowest BCUT2D eigenvalue weighted by Gasteiger charge is -2.10. The van der Waals surface area contributed by atoms with Gasteiger partial charge in [-0.15, -0.1) is 0 Å².